The summed E-state index contributed by atoms with van der Waals surface area (Å²) in [6.45, 7) is 12.8. The number of anilines is 1. The number of aromatic nitrogens is 1. The topological polar surface area (TPSA) is 51.7 Å². The zero-order chi connectivity index (χ0) is 18.5. The molecule has 1 aromatic rings. The lowest BCUT2D eigenvalue weighted by atomic mass is 10.1. The van der Waals surface area contributed by atoms with E-state index in [1.54, 1.807) is 6.20 Å². The Morgan fingerprint density at radius 3 is 2.65 bits per heavy atom. The summed E-state index contributed by atoms with van der Waals surface area (Å²) in [5.74, 6) is 2.23. The molecular weight excluding hydrogens is 326 g/mol. The molecule has 1 amide bonds. The minimum Gasteiger partial charge on any atom is -0.354 e. The molecule has 0 spiro atoms. The lowest BCUT2D eigenvalue weighted by molar-refractivity contribution is 0.0947. The van der Waals surface area contributed by atoms with Gasteiger partial charge >= 0.3 is 0 Å². The van der Waals surface area contributed by atoms with Crippen molar-refractivity contribution in [1.82, 2.24) is 20.1 Å². The zero-order valence-electron chi connectivity index (χ0n) is 16.4. The van der Waals surface area contributed by atoms with Gasteiger partial charge in [0.25, 0.3) is 5.91 Å². The van der Waals surface area contributed by atoms with E-state index in [0.29, 0.717) is 17.4 Å². The second-order valence-corrected chi connectivity index (χ2v) is 8.21. The molecule has 3 heterocycles. The van der Waals surface area contributed by atoms with Crippen molar-refractivity contribution in [2.75, 3.05) is 64.3 Å². The van der Waals surface area contributed by atoms with E-state index in [0.717, 1.165) is 58.2 Å². The van der Waals surface area contributed by atoms with E-state index in [4.69, 9.17) is 0 Å². The number of pyridine rings is 1. The maximum Gasteiger partial charge on any atom is 0.252 e. The molecular formula is C20H33N5O. The molecule has 1 atom stereocenters. The van der Waals surface area contributed by atoms with E-state index in [9.17, 15) is 4.79 Å². The van der Waals surface area contributed by atoms with E-state index in [-0.39, 0.29) is 5.91 Å². The van der Waals surface area contributed by atoms with Crippen molar-refractivity contribution < 1.29 is 4.79 Å². The van der Waals surface area contributed by atoms with Crippen LogP contribution in [-0.4, -0.2) is 80.1 Å². The van der Waals surface area contributed by atoms with Crippen LogP contribution in [0.3, 0.4) is 0 Å². The fraction of sp³-hybridized carbons (Fsp3) is 0.700. The van der Waals surface area contributed by atoms with Crippen LogP contribution in [0.25, 0.3) is 0 Å². The molecule has 2 aliphatic rings. The number of carbonyl (C=O) groups excluding carboxylic acids is 1. The van der Waals surface area contributed by atoms with Gasteiger partial charge in [0.1, 0.15) is 5.82 Å². The van der Waals surface area contributed by atoms with E-state index >= 15 is 0 Å². The third-order valence-electron chi connectivity index (χ3n) is 5.38. The van der Waals surface area contributed by atoms with Crippen LogP contribution in [-0.2, 0) is 0 Å². The van der Waals surface area contributed by atoms with Crippen LogP contribution in [0.4, 0.5) is 5.82 Å². The Kier molecular flexibility index (Phi) is 6.48. The van der Waals surface area contributed by atoms with E-state index in [2.05, 4.69) is 45.9 Å². The molecule has 2 fully saturated rings. The molecule has 3 rings (SSSR count). The van der Waals surface area contributed by atoms with Gasteiger partial charge in [-0.1, -0.05) is 13.8 Å². The molecule has 1 unspecified atom stereocenters. The molecule has 6 heteroatoms. The monoisotopic (exact) mass is 359 g/mol. The number of piperazine rings is 1. The van der Waals surface area contributed by atoms with Crippen molar-refractivity contribution in [2.24, 2.45) is 11.8 Å². The van der Waals surface area contributed by atoms with Gasteiger partial charge in [0.15, 0.2) is 0 Å². The number of amides is 1. The van der Waals surface area contributed by atoms with Gasteiger partial charge in [-0.25, -0.2) is 4.98 Å². The maximum atomic E-state index is 12.4. The SMILES string of the molecule is CC(C)CN1CCC(CNC(=O)c2ccc(N3CCN(C)CC3)nc2)C1. The van der Waals surface area contributed by atoms with Gasteiger partial charge in [-0.05, 0) is 44.0 Å². The minimum atomic E-state index is -0.00950. The van der Waals surface area contributed by atoms with E-state index in [1.165, 1.54) is 6.42 Å². The highest BCUT2D eigenvalue weighted by molar-refractivity contribution is 5.94. The summed E-state index contributed by atoms with van der Waals surface area (Å²) in [5, 5.41) is 3.09. The number of rotatable bonds is 6. The molecule has 2 saturated heterocycles. The fourth-order valence-corrected chi connectivity index (χ4v) is 3.84. The Bertz CT molecular complexity index is 580. The van der Waals surface area contributed by atoms with Crippen LogP contribution in [0.5, 0.6) is 0 Å². The molecule has 0 bridgehead atoms. The molecule has 2 aliphatic heterocycles. The van der Waals surface area contributed by atoms with Gasteiger partial charge in [-0.15, -0.1) is 0 Å². The number of likely N-dealkylation sites (tertiary alicyclic amines) is 1. The molecule has 144 valence electrons. The first-order chi connectivity index (χ1) is 12.5. The molecule has 0 aliphatic carbocycles. The Morgan fingerprint density at radius 1 is 1.23 bits per heavy atom. The summed E-state index contributed by atoms with van der Waals surface area (Å²) in [6, 6.07) is 3.87. The second-order valence-electron chi connectivity index (χ2n) is 8.21. The minimum absolute atomic E-state index is 0.00950. The number of carbonyl (C=O) groups is 1. The summed E-state index contributed by atoms with van der Waals surface area (Å²) < 4.78 is 0. The van der Waals surface area contributed by atoms with Gasteiger partial charge in [0.05, 0.1) is 5.56 Å². The number of nitrogens with one attached hydrogen (secondary N) is 1. The third-order valence-corrected chi connectivity index (χ3v) is 5.38. The van der Waals surface area contributed by atoms with Crippen LogP contribution in [0.15, 0.2) is 18.3 Å². The lowest BCUT2D eigenvalue weighted by Gasteiger charge is -2.33. The fourth-order valence-electron chi connectivity index (χ4n) is 3.84. The molecule has 0 aromatic carbocycles. The quantitative estimate of drug-likeness (QED) is 0.835. The standard InChI is InChI=1S/C20H33N5O/c1-16(2)14-24-7-6-17(15-24)12-22-20(26)18-4-5-19(21-13-18)25-10-8-23(3)9-11-25/h4-5,13,16-17H,6-12,14-15H2,1-3H3,(H,22,26). The first-order valence-electron chi connectivity index (χ1n) is 9.91. The van der Waals surface area contributed by atoms with Crippen molar-refractivity contribution in [3.8, 4) is 0 Å². The summed E-state index contributed by atoms with van der Waals surface area (Å²) in [5.41, 5.74) is 0.653. The van der Waals surface area contributed by atoms with Crippen molar-refractivity contribution in [3.05, 3.63) is 23.9 Å². The van der Waals surface area contributed by atoms with Crippen molar-refractivity contribution in [1.29, 1.82) is 0 Å². The molecule has 1 aromatic heterocycles. The number of nitrogens with zero attached hydrogens (tertiary/aromatic N) is 4. The van der Waals surface area contributed by atoms with E-state index in [1.807, 2.05) is 12.1 Å². The summed E-state index contributed by atoms with van der Waals surface area (Å²) in [6.07, 6.45) is 2.89. The Hall–Kier alpha value is -1.66. The largest absolute Gasteiger partial charge is 0.354 e. The second kappa shape index (κ2) is 8.82. The highest BCUT2D eigenvalue weighted by atomic mass is 16.1. The zero-order valence-corrected chi connectivity index (χ0v) is 16.4. The molecule has 6 nitrogen and oxygen atoms in total. The third kappa shape index (κ3) is 5.17. The van der Waals surface area contributed by atoms with Crippen LogP contribution in [0, 0.1) is 11.8 Å². The number of hydrogen-bond acceptors (Lipinski definition) is 5. The van der Waals surface area contributed by atoms with Crippen molar-refractivity contribution >= 4 is 11.7 Å². The van der Waals surface area contributed by atoms with Crippen molar-refractivity contribution in [2.45, 2.75) is 20.3 Å². The van der Waals surface area contributed by atoms with Gasteiger partial charge in [0, 0.05) is 52.0 Å². The van der Waals surface area contributed by atoms with Crippen LogP contribution >= 0.6 is 0 Å². The Labute approximate surface area is 157 Å². The molecule has 0 radical (unpaired) electrons. The first-order valence-corrected chi connectivity index (χ1v) is 9.91. The highest BCUT2D eigenvalue weighted by Gasteiger charge is 2.23. The average molecular weight is 360 g/mol. The molecule has 1 N–H and O–H groups in total. The highest BCUT2D eigenvalue weighted by Crippen LogP contribution is 2.17. The maximum absolute atomic E-state index is 12.4. The first kappa shape index (κ1) is 19.1. The lowest BCUT2D eigenvalue weighted by Crippen LogP contribution is -2.44. The van der Waals surface area contributed by atoms with Gasteiger partial charge < -0.3 is 20.0 Å². The molecule has 0 saturated carbocycles. The van der Waals surface area contributed by atoms with E-state index < -0.39 is 0 Å². The normalized spacial score (nSPS) is 22.2. The molecule has 26 heavy (non-hydrogen) atoms. The predicted octanol–water partition coefficient (Wildman–Crippen LogP) is 1.54. The Morgan fingerprint density at radius 2 is 2.00 bits per heavy atom. The smallest absolute Gasteiger partial charge is 0.252 e. The average Bonchev–Trinajstić information content (AvgIpc) is 3.07. The summed E-state index contributed by atoms with van der Waals surface area (Å²) in [7, 11) is 2.14. The number of likely N-dealkylation sites (N-methyl/N-ethyl adjacent to an activating group) is 1. The summed E-state index contributed by atoms with van der Waals surface area (Å²) >= 11 is 0. The van der Waals surface area contributed by atoms with Gasteiger partial charge in [-0.3, -0.25) is 4.79 Å². The van der Waals surface area contributed by atoms with Crippen LogP contribution in [0.2, 0.25) is 0 Å². The van der Waals surface area contributed by atoms with Crippen molar-refractivity contribution in [3.63, 3.8) is 0 Å². The number of hydrogen-bond donors (Lipinski definition) is 1. The van der Waals surface area contributed by atoms with Crippen LogP contribution < -0.4 is 10.2 Å². The van der Waals surface area contributed by atoms with Gasteiger partial charge in [0.2, 0.25) is 0 Å². The van der Waals surface area contributed by atoms with Gasteiger partial charge in [-0.2, -0.15) is 0 Å². The van der Waals surface area contributed by atoms with Crippen LogP contribution in [0.1, 0.15) is 30.6 Å². The predicted molar refractivity (Wildman–Crippen MR) is 106 cm³/mol. The Balaban J connectivity index is 1.45. The summed E-state index contributed by atoms with van der Waals surface area (Å²) in [4.78, 5) is 24.0.